The Morgan fingerprint density at radius 2 is 1.85 bits per heavy atom. The van der Waals surface area contributed by atoms with E-state index in [1.165, 1.54) is 38.5 Å². The molecule has 20 heavy (non-hydrogen) atoms. The molecule has 0 amide bonds. The van der Waals surface area contributed by atoms with E-state index in [0.717, 1.165) is 42.2 Å². The van der Waals surface area contributed by atoms with E-state index in [0.29, 0.717) is 5.41 Å². The third-order valence-corrected chi connectivity index (χ3v) is 5.42. The predicted octanol–water partition coefficient (Wildman–Crippen LogP) is 4.35. The second-order valence-corrected chi connectivity index (χ2v) is 7.22. The molecule has 1 saturated heterocycles. The quantitative estimate of drug-likeness (QED) is 0.767. The van der Waals surface area contributed by atoms with Crippen LogP contribution < -0.4 is 4.90 Å². The Bertz CT molecular complexity index is 459. The number of aromatic nitrogens is 2. The first kappa shape index (κ1) is 14.3. The van der Waals surface area contributed by atoms with Crippen molar-refractivity contribution in [2.75, 3.05) is 18.0 Å². The van der Waals surface area contributed by atoms with Gasteiger partial charge >= 0.3 is 0 Å². The lowest BCUT2D eigenvalue weighted by atomic mass is 9.77. The van der Waals surface area contributed by atoms with Gasteiger partial charge in [0.1, 0.15) is 16.2 Å². The van der Waals surface area contributed by atoms with Gasteiger partial charge in [0.05, 0.1) is 0 Å². The fourth-order valence-electron chi connectivity index (χ4n) is 3.78. The Hall–Kier alpha value is -0.640. The largest absolute Gasteiger partial charge is 0.356 e. The number of halogens is 1. The van der Waals surface area contributed by atoms with Crippen molar-refractivity contribution in [3.05, 3.63) is 16.5 Å². The Morgan fingerprint density at radius 1 is 1.15 bits per heavy atom. The molecule has 3 rings (SSSR count). The van der Waals surface area contributed by atoms with Gasteiger partial charge in [-0.15, -0.1) is 0 Å². The number of hydrogen-bond acceptors (Lipinski definition) is 3. The first-order valence-electron chi connectivity index (χ1n) is 7.99. The molecule has 0 N–H and O–H groups in total. The van der Waals surface area contributed by atoms with Crippen molar-refractivity contribution in [2.45, 2.75) is 58.3 Å². The maximum atomic E-state index is 4.75. The number of nitrogens with zero attached hydrogens (tertiary/aromatic N) is 3. The van der Waals surface area contributed by atoms with Crippen molar-refractivity contribution in [1.82, 2.24) is 9.97 Å². The van der Waals surface area contributed by atoms with Gasteiger partial charge in [-0.05, 0) is 53.4 Å². The molecule has 0 bridgehead atoms. The Balaban J connectivity index is 1.71. The average Bonchev–Trinajstić information content (AvgIpc) is 2.88. The molecule has 3 nitrogen and oxygen atoms in total. The summed E-state index contributed by atoms with van der Waals surface area (Å²) in [5.41, 5.74) is 0.674. The SMILES string of the molecule is CCCc1nc(Br)cc(N2CCC3(CCCC3)CC2)n1. The van der Waals surface area contributed by atoms with Gasteiger partial charge in [-0.3, -0.25) is 0 Å². The summed E-state index contributed by atoms with van der Waals surface area (Å²) in [4.78, 5) is 11.7. The zero-order valence-corrected chi connectivity index (χ0v) is 14.0. The molecule has 0 aromatic carbocycles. The van der Waals surface area contributed by atoms with Crippen molar-refractivity contribution in [2.24, 2.45) is 5.41 Å². The van der Waals surface area contributed by atoms with Crippen LogP contribution in [0.3, 0.4) is 0 Å². The molecule has 1 aliphatic heterocycles. The van der Waals surface area contributed by atoms with E-state index < -0.39 is 0 Å². The van der Waals surface area contributed by atoms with Crippen molar-refractivity contribution in [3.63, 3.8) is 0 Å². The minimum atomic E-state index is 0.674. The van der Waals surface area contributed by atoms with Crippen LogP contribution in [0.4, 0.5) is 5.82 Å². The number of aryl methyl sites for hydroxylation is 1. The van der Waals surface area contributed by atoms with Gasteiger partial charge in [0.25, 0.3) is 0 Å². The standard InChI is InChI=1S/C16H24BrN3/c1-2-5-14-18-13(17)12-15(19-14)20-10-8-16(9-11-20)6-3-4-7-16/h12H,2-11H2,1H3. The fourth-order valence-corrected chi connectivity index (χ4v) is 4.19. The van der Waals surface area contributed by atoms with Crippen LogP contribution in [0.1, 0.15) is 57.7 Å². The summed E-state index contributed by atoms with van der Waals surface area (Å²) in [6.45, 7) is 4.50. The van der Waals surface area contributed by atoms with E-state index in [-0.39, 0.29) is 0 Å². The van der Waals surface area contributed by atoms with Crippen LogP contribution >= 0.6 is 15.9 Å². The van der Waals surface area contributed by atoms with Crippen LogP contribution in [0.2, 0.25) is 0 Å². The Labute approximate surface area is 130 Å². The lowest BCUT2D eigenvalue weighted by molar-refractivity contribution is 0.226. The van der Waals surface area contributed by atoms with Gasteiger partial charge < -0.3 is 4.90 Å². The van der Waals surface area contributed by atoms with Crippen molar-refractivity contribution in [1.29, 1.82) is 0 Å². The second kappa shape index (κ2) is 6.00. The molecular formula is C16H24BrN3. The second-order valence-electron chi connectivity index (χ2n) is 6.41. The molecule has 4 heteroatoms. The summed E-state index contributed by atoms with van der Waals surface area (Å²) in [6, 6.07) is 2.08. The molecule has 1 aliphatic carbocycles. The molecule has 0 unspecified atom stereocenters. The summed E-state index contributed by atoms with van der Waals surface area (Å²) in [5, 5.41) is 0. The fraction of sp³-hybridized carbons (Fsp3) is 0.750. The molecule has 0 atom stereocenters. The van der Waals surface area contributed by atoms with E-state index in [1.54, 1.807) is 0 Å². The lowest BCUT2D eigenvalue weighted by Gasteiger charge is -2.40. The van der Waals surface area contributed by atoms with Gasteiger partial charge in [-0.1, -0.05) is 19.8 Å². The zero-order chi connectivity index (χ0) is 14.0. The van der Waals surface area contributed by atoms with E-state index in [1.807, 2.05) is 0 Å². The first-order chi connectivity index (χ1) is 9.71. The van der Waals surface area contributed by atoms with Crippen LogP contribution in [0.5, 0.6) is 0 Å². The molecule has 2 heterocycles. The summed E-state index contributed by atoms with van der Waals surface area (Å²) < 4.78 is 0.923. The normalized spacial score (nSPS) is 21.6. The van der Waals surface area contributed by atoms with Crippen LogP contribution in [0.25, 0.3) is 0 Å². The average molecular weight is 338 g/mol. The van der Waals surface area contributed by atoms with Crippen molar-refractivity contribution >= 4 is 21.7 Å². The zero-order valence-electron chi connectivity index (χ0n) is 12.4. The number of rotatable bonds is 3. The maximum Gasteiger partial charge on any atom is 0.133 e. The molecule has 2 fully saturated rings. The Kier molecular flexibility index (Phi) is 4.29. The molecule has 1 saturated carbocycles. The monoisotopic (exact) mass is 337 g/mol. The highest BCUT2D eigenvalue weighted by Gasteiger charge is 2.37. The third-order valence-electron chi connectivity index (χ3n) is 5.01. The molecular weight excluding hydrogens is 314 g/mol. The first-order valence-corrected chi connectivity index (χ1v) is 8.78. The van der Waals surface area contributed by atoms with Crippen LogP contribution in [-0.4, -0.2) is 23.1 Å². The third kappa shape index (κ3) is 3.00. The molecule has 1 aromatic heterocycles. The van der Waals surface area contributed by atoms with E-state index in [4.69, 9.17) is 4.98 Å². The highest BCUT2D eigenvalue weighted by molar-refractivity contribution is 9.10. The molecule has 110 valence electrons. The summed E-state index contributed by atoms with van der Waals surface area (Å²) in [6.07, 6.45) is 10.5. The van der Waals surface area contributed by atoms with Crippen molar-refractivity contribution < 1.29 is 0 Å². The highest BCUT2D eigenvalue weighted by atomic mass is 79.9. The van der Waals surface area contributed by atoms with Crippen molar-refractivity contribution in [3.8, 4) is 0 Å². The summed E-state index contributed by atoms with van der Waals surface area (Å²) in [7, 11) is 0. The van der Waals surface area contributed by atoms with Gasteiger partial charge in [0.15, 0.2) is 0 Å². The molecule has 1 spiro atoms. The minimum Gasteiger partial charge on any atom is -0.356 e. The summed E-state index contributed by atoms with van der Waals surface area (Å²) in [5.74, 6) is 2.08. The summed E-state index contributed by atoms with van der Waals surface area (Å²) >= 11 is 3.53. The van der Waals surface area contributed by atoms with Gasteiger partial charge in [-0.2, -0.15) is 0 Å². The molecule has 0 radical (unpaired) electrons. The topological polar surface area (TPSA) is 29.0 Å². The predicted molar refractivity (Wildman–Crippen MR) is 86.1 cm³/mol. The van der Waals surface area contributed by atoms with E-state index in [9.17, 15) is 0 Å². The number of anilines is 1. The highest BCUT2D eigenvalue weighted by Crippen LogP contribution is 2.46. The van der Waals surface area contributed by atoms with Crippen LogP contribution in [0, 0.1) is 5.41 Å². The van der Waals surface area contributed by atoms with Crippen LogP contribution in [-0.2, 0) is 6.42 Å². The van der Waals surface area contributed by atoms with E-state index in [2.05, 4.69) is 38.8 Å². The van der Waals surface area contributed by atoms with Gasteiger partial charge in [0.2, 0.25) is 0 Å². The maximum absolute atomic E-state index is 4.75. The number of hydrogen-bond donors (Lipinski definition) is 0. The lowest BCUT2D eigenvalue weighted by Crippen LogP contribution is -2.39. The van der Waals surface area contributed by atoms with Gasteiger partial charge in [-0.25, -0.2) is 9.97 Å². The molecule has 1 aromatic rings. The van der Waals surface area contributed by atoms with Crippen LogP contribution in [0.15, 0.2) is 10.7 Å². The Morgan fingerprint density at radius 3 is 2.50 bits per heavy atom. The molecule has 2 aliphatic rings. The smallest absolute Gasteiger partial charge is 0.133 e. The van der Waals surface area contributed by atoms with E-state index >= 15 is 0 Å². The number of piperidine rings is 1. The minimum absolute atomic E-state index is 0.674. The van der Waals surface area contributed by atoms with Gasteiger partial charge in [0, 0.05) is 25.6 Å².